The summed E-state index contributed by atoms with van der Waals surface area (Å²) in [5.74, 6) is 0. The van der Waals surface area contributed by atoms with Gasteiger partial charge in [0.15, 0.2) is 0 Å². The van der Waals surface area contributed by atoms with Gasteiger partial charge in [0.1, 0.15) is 0 Å². The Hall–Kier alpha value is -0.660. The Balaban J connectivity index is 2.68. The van der Waals surface area contributed by atoms with Crippen molar-refractivity contribution >= 4 is 23.2 Å². The molecule has 1 aromatic carbocycles. The third-order valence-corrected chi connectivity index (χ3v) is 2.32. The van der Waals surface area contributed by atoms with Crippen molar-refractivity contribution in [3.63, 3.8) is 0 Å². The molecule has 0 aliphatic carbocycles. The van der Waals surface area contributed by atoms with Crippen LogP contribution in [-0.4, -0.2) is 0 Å². The molecule has 0 spiro atoms. The molecular weight excluding hydrogens is 205 g/mol. The zero-order chi connectivity index (χ0) is 9.84. The van der Waals surface area contributed by atoms with E-state index in [0.29, 0.717) is 10.0 Å². The van der Waals surface area contributed by atoms with Crippen LogP contribution >= 0.6 is 23.2 Å². The van der Waals surface area contributed by atoms with Crippen molar-refractivity contribution in [2.75, 3.05) is 0 Å². The molecule has 0 atom stereocenters. The highest BCUT2D eigenvalue weighted by atomic mass is 35.5. The van der Waals surface area contributed by atoms with Crippen molar-refractivity contribution in [3.8, 4) is 0 Å². The van der Waals surface area contributed by atoms with Gasteiger partial charge in [0, 0.05) is 12.2 Å². The van der Waals surface area contributed by atoms with E-state index in [2.05, 4.69) is 11.9 Å². The van der Waals surface area contributed by atoms with E-state index >= 15 is 0 Å². The first-order chi connectivity index (χ1) is 6.09. The molecule has 0 aliphatic rings. The number of rotatable bonds is 3. The van der Waals surface area contributed by atoms with Crippen molar-refractivity contribution < 1.29 is 0 Å². The second kappa shape index (κ2) is 4.54. The van der Waals surface area contributed by atoms with Gasteiger partial charge in [-0.1, -0.05) is 35.8 Å². The van der Waals surface area contributed by atoms with Gasteiger partial charge in [-0.3, -0.25) is 0 Å². The highest BCUT2D eigenvalue weighted by Crippen LogP contribution is 2.22. The monoisotopic (exact) mass is 215 g/mol. The molecule has 1 aromatic rings. The van der Waals surface area contributed by atoms with Gasteiger partial charge in [0.05, 0.1) is 10.0 Å². The maximum Gasteiger partial charge on any atom is 0.0595 e. The van der Waals surface area contributed by atoms with Crippen LogP contribution in [0.1, 0.15) is 12.5 Å². The number of allylic oxidation sites excluding steroid dienone is 1. The maximum absolute atomic E-state index is 5.85. The smallest absolute Gasteiger partial charge is 0.0595 e. The number of halogens is 2. The molecule has 0 unspecified atom stereocenters. The number of hydrogen-bond donors (Lipinski definition) is 1. The van der Waals surface area contributed by atoms with Crippen molar-refractivity contribution in [1.82, 2.24) is 5.32 Å². The van der Waals surface area contributed by atoms with Gasteiger partial charge in [-0.15, -0.1) is 0 Å². The Morgan fingerprint density at radius 1 is 1.38 bits per heavy atom. The van der Waals surface area contributed by atoms with Crippen LogP contribution in [0.25, 0.3) is 0 Å². The molecule has 0 aliphatic heterocycles. The van der Waals surface area contributed by atoms with E-state index in [-0.39, 0.29) is 0 Å². The van der Waals surface area contributed by atoms with E-state index in [4.69, 9.17) is 23.2 Å². The highest BCUT2D eigenvalue weighted by molar-refractivity contribution is 6.42. The van der Waals surface area contributed by atoms with Crippen LogP contribution in [0.4, 0.5) is 0 Å². The maximum atomic E-state index is 5.85. The fraction of sp³-hybridized carbons (Fsp3) is 0.200. The van der Waals surface area contributed by atoms with Crippen LogP contribution < -0.4 is 5.32 Å². The molecule has 3 heteroatoms. The molecule has 0 aromatic heterocycles. The topological polar surface area (TPSA) is 12.0 Å². The summed E-state index contributed by atoms with van der Waals surface area (Å²) in [5, 5.41) is 4.28. The fourth-order valence-corrected chi connectivity index (χ4v) is 1.22. The average Bonchev–Trinajstić information content (AvgIpc) is 2.07. The van der Waals surface area contributed by atoms with Crippen LogP contribution in [-0.2, 0) is 6.54 Å². The molecule has 0 bridgehead atoms. The largest absolute Gasteiger partial charge is 0.385 e. The first-order valence-corrected chi connectivity index (χ1v) is 4.68. The van der Waals surface area contributed by atoms with Gasteiger partial charge in [-0.2, -0.15) is 0 Å². The van der Waals surface area contributed by atoms with Gasteiger partial charge in [0.2, 0.25) is 0 Å². The summed E-state index contributed by atoms with van der Waals surface area (Å²) in [6, 6.07) is 5.57. The zero-order valence-corrected chi connectivity index (χ0v) is 8.91. The second-order valence-electron chi connectivity index (χ2n) is 2.88. The summed E-state index contributed by atoms with van der Waals surface area (Å²) in [5.41, 5.74) is 2.03. The summed E-state index contributed by atoms with van der Waals surface area (Å²) >= 11 is 11.6. The van der Waals surface area contributed by atoms with Gasteiger partial charge >= 0.3 is 0 Å². The minimum absolute atomic E-state index is 0.584. The Morgan fingerprint density at radius 3 is 2.62 bits per heavy atom. The number of hydrogen-bond acceptors (Lipinski definition) is 1. The molecule has 0 saturated carbocycles. The predicted octanol–water partition coefficient (Wildman–Crippen LogP) is 3.62. The molecule has 70 valence electrons. The second-order valence-corrected chi connectivity index (χ2v) is 3.70. The molecule has 13 heavy (non-hydrogen) atoms. The molecule has 0 radical (unpaired) electrons. The Morgan fingerprint density at radius 2 is 2.08 bits per heavy atom. The summed E-state index contributed by atoms with van der Waals surface area (Å²) in [6.07, 6.45) is 0. The molecule has 0 saturated heterocycles. The Bertz CT molecular complexity index is 321. The van der Waals surface area contributed by atoms with Crippen LogP contribution in [0.3, 0.4) is 0 Å². The van der Waals surface area contributed by atoms with Crippen LogP contribution in [0.15, 0.2) is 30.5 Å². The number of benzene rings is 1. The Labute approximate surface area is 88.4 Å². The van der Waals surface area contributed by atoms with E-state index in [1.807, 2.05) is 19.1 Å². The fourth-order valence-electron chi connectivity index (χ4n) is 0.903. The van der Waals surface area contributed by atoms with Crippen LogP contribution in [0.2, 0.25) is 10.0 Å². The quantitative estimate of drug-likeness (QED) is 0.813. The van der Waals surface area contributed by atoms with Gasteiger partial charge in [-0.05, 0) is 24.6 Å². The zero-order valence-electron chi connectivity index (χ0n) is 7.40. The van der Waals surface area contributed by atoms with E-state index in [1.54, 1.807) is 6.07 Å². The first kappa shape index (κ1) is 10.4. The lowest BCUT2D eigenvalue weighted by atomic mass is 10.2. The molecule has 0 amide bonds. The van der Waals surface area contributed by atoms with Crippen molar-refractivity contribution in [3.05, 3.63) is 46.1 Å². The van der Waals surface area contributed by atoms with Crippen molar-refractivity contribution in [2.45, 2.75) is 13.5 Å². The van der Waals surface area contributed by atoms with E-state index < -0.39 is 0 Å². The summed E-state index contributed by atoms with van der Waals surface area (Å²) in [4.78, 5) is 0. The van der Waals surface area contributed by atoms with Crippen LogP contribution in [0.5, 0.6) is 0 Å². The lowest BCUT2D eigenvalue weighted by Crippen LogP contribution is -2.08. The normalized spacial score (nSPS) is 9.77. The van der Waals surface area contributed by atoms with Gasteiger partial charge < -0.3 is 5.32 Å². The molecule has 0 fully saturated rings. The standard InChI is InChI=1S/C10H11Cl2N/c1-7(2)13-6-8-3-4-9(11)10(12)5-8/h3-5,13H,1,6H2,2H3. The molecule has 1 rings (SSSR count). The van der Waals surface area contributed by atoms with E-state index in [9.17, 15) is 0 Å². The molecule has 1 nitrogen and oxygen atoms in total. The SMILES string of the molecule is C=C(C)NCc1ccc(Cl)c(Cl)c1. The highest BCUT2D eigenvalue weighted by Gasteiger charge is 1.98. The molecule has 0 heterocycles. The third-order valence-electron chi connectivity index (χ3n) is 1.58. The first-order valence-electron chi connectivity index (χ1n) is 3.93. The van der Waals surface area contributed by atoms with E-state index in [1.165, 1.54) is 0 Å². The van der Waals surface area contributed by atoms with Crippen molar-refractivity contribution in [1.29, 1.82) is 0 Å². The third kappa shape index (κ3) is 3.29. The molecular formula is C10H11Cl2N. The minimum Gasteiger partial charge on any atom is -0.385 e. The number of nitrogens with one attached hydrogen (secondary N) is 1. The summed E-state index contributed by atoms with van der Waals surface area (Å²) in [7, 11) is 0. The summed E-state index contributed by atoms with van der Waals surface area (Å²) < 4.78 is 0. The lowest BCUT2D eigenvalue weighted by molar-refractivity contribution is 0.816. The molecule has 1 N–H and O–H groups in total. The predicted molar refractivity (Wildman–Crippen MR) is 58.1 cm³/mol. The van der Waals surface area contributed by atoms with Crippen LogP contribution in [0, 0.1) is 0 Å². The van der Waals surface area contributed by atoms with E-state index in [0.717, 1.165) is 17.8 Å². The van der Waals surface area contributed by atoms with Crippen molar-refractivity contribution in [2.24, 2.45) is 0 Å². The van der Waals surface area contributed by atoms with Gasteiger partial charge in [-0.25, -0.2) is 0 Å². The Kier molecular flexibility index (Phi) is 3.64. The summed E-state index contributed by atoms with van der Waals surface area (Å²) in [6.45, 7) is 6.38. The minimum atomic E-state index is 0.584. The lowest BCUT2D eigenvalue weighted by Gasteiger charge is -2.05. The average molecular weight is 216 g/mol. The van der Waals surface area contributed by atoms with Gasteiger partial charge in [0.25, 0.3) is 0 Å².